The molecule has 0 unspecified atom stereocenters. The molecule has 1 aliphatic rings. The van der Waals surface area contributed by atoms with Crippen LogP contribution in [0.4, 0.5) is 4.79 Å². The fraction of sp³-hybridized carbons (Fsp3) is 0.261. The second-order valence-electron chi connectivity index (χ2n) is 7.91. The summed E-state index contributed by atoms with van der Waals surface area (Å²) in [4.78, 5) is 52.5. The molecule has 33 heavy (non-hydrogen) atoms. The van der Waals surface area contributed by atoms with Crippen molar-refractivity contribution < 1.29 is 24.3 Å². The van der Waals surface area contributed by atoms with E-state index in [2.05, 4.69) is 0 Å². The zero-order valence-electron chi connectivity index (χ0n) is 18.5. The number of nitrogen functional groups attached to an aromatic ring is 1. The summed E-state index contributed by atoms with van der Waals surface area (Å²) in [7, 11) is 1.44. The van der Waals surface area contributed by atoms with Gasteiger partial charge in [0.1, 0.15) is 11.4 Å². The SMILES string of the molecule is CC(=O)N([C@H](CC(=O)O)c1ccccc1)N1C(=O)N(C)[C@](C)(c2ccc(C(=N)N)cc2)C1=O. The summed E-state index contributed by atoms with van der Waals surface area (Å²) in [6.07, 6.45) is -0.506. The number of imide groups is 1. The molecule has 0 radical (unpaired) electrons. The minimum absolute atomic E-state index is 0.141. The number of carboxylic acids is 1. The number of carboxylic acid groups (broad SMARTS) is 1. The molecule has 10 nitrogen and oxygen atoms in total. The molecule has 0 bridgehead atoms. The molecular formula is C23H25N5O5. The third-order valence-electron chi connectivity index (χ3n) is 5.89. The summed E-state index contributed by atoms with van der Waals surface area (Å²) in [5.74, 6) is -2.69. The molecule has 0 saturated carbocycles. The fourth-order valence-electron chi connectivity index (χ4n) is 3.94. The van der Waals surface area contributed by atoms with Crippen molar-refractivity contribution in [3.8, 4) is 0 Å². The number of benzene rings is 2. The first-order valence-corrected chi connectivity index (χ1v) is 10.1. The van der Waals surface area contributed by atoms with Gasteiger partial charge in [-0.2, -0.15) is 5.01 Å². The molecule has 172 valence electrons. The minimum Gasteiger partial charge on any atom is -0.481 e. The molecule has 1 saturated heterocycles. The van der Waals surface area contributed by atoms with E-state index in [1.165, 1.54) is 18.9 Å². The second-order valence-corrected chi connectivity index (χ2v) is 7.91. The van der Waals surface area contributed by atoms with E-state index in [4.69, 9.17) is 11.1 Å². The van der Waals surface area contributed by atoms with Gasteiger partial charge in [0.05, 0.1) is 12.5 Å². The van der Waals surface area contributed by atoms with Crippen LogP contribution in [-0.4, -0.2) is 56.7 Å². The van der Waals surface area contributed by atoms with E-state index in [0.29, 0.717) is 16.7 Å². The number of carbonyl (C=O) groups is 4. The smallest absolute Gasteiger partial charge is 0.347 e. The highest BCUT2D eigenvalue weighted by atomic mass is 16.4. The van der Waals surface area contributed by atoms with E-state index in [1.807, 2.05) is 0 Å². The molecule has 2 aromatic carbocycles. The van der Waals surface area contributed by atoms with Gasteiger partial charge in [-0.15, -0.1) is 0 Å². The number of urea groups is 1. The van der Waals surface area contributed by atoms with Crippen LogP contribution in [0.1, 0.15) is 43.0 Å². The second kappa shape index (κ2) is 8.73. The van der Waals surface area contributed by atoms with Gasteiger partial charge in [-0.3, -0.25) is 19.8 Å². The number of hydrazine groups is 1. The first-order valence-electron chi connectivity index (χ1n) is 10.1. The summed E-state index contributed by atoms with van der Waals surface area (Å²) >= 11 is 0. The molecule has 2 aromatic rings. The van der Waals surface area contributed by atoms with E-state index < -0.39 is 41.8 Å². The zero-order chi connectivity index (χ0) is 24.5. The highest BCUT2D eigenvalue weighted by Gasteiger charge is 2.57. The van der Waals surface area contributed by atoms with Crippen LogP contribution in [0.2, 0.25) is 0 Å². The van der Waals surface area contributed by atoms with Gasteiger partial charge in [0.25, 0.3) is 5.91 Å². The van der Waals surface area contributed by atoms with Gasteiger partial charge in [0, 0.05) is 19.5 Å². The van der Waals surface area contributed by atoms with Gasteiger partial charge in [-0.25, -0.2) is 9.80 Å². The van der Waals surface area contributed by atoms with Crippen LogP contribution in [0.3, 0.4) is 0 Å². The molecule has 0 spiro atoms. The van der Waals surface area contributed by atoms with Gasteiger partial charge in [-0.1, -0.05) is 54.6 Å². The summed E-state index contributed by atoms with van der Waals surface area (Å²) in [5, 5.41) is 18.7. The molecule has 4 amide bonds. The fourth-order valence-corrected chi connectivity index (χ4v) is 3.94. The third-order valence-corrected chi connectivity index (χ3v) is 5.89. The normalized spacial score (nSPS) is 18.9. The molecule has 0 aromatic heterocycles. The molecular weight excluding hydrogens is 426 g/mol. The molecule has 10 heteroatoms. The monoisotopic (exact) mass is 451 g/mol. The minimum atomic E-state index is -1.47. The standard InChI is InChI=1S/C23H25N5O5/c1-14(29)27(18(13-19(30)31)15-7-5-4-6-8-15)28-21(32)23(2,26(3)22(28)33)17-11-9-16(10-12-17)20(24)25/h4-12,18H,13H2,1-3H3,(H3,24,25)(H,30,31)/t18-,23-/m1/s1. The van der Waals surface area contributed by atoms with Crippen molar-refractivity contribution in [3.05, 3.63) is 71.3 Å². The van der Waals surface area contributed by atoms with Crippen LogP contribution in [0, 0.1) is 5.41 Å². The van der Waals surface area contributed by atoms with Crippen molar-refractivity contribution in [2.24, 2.45) is 5.73 Å². The van der Waals surface area contributed by atoms with Crippen molar-refractivity contribution in [3.63, 3.8) is 0 Å². The average molecular weight is 451 g/mol. The van der Waals surface area contributed by atoms with Crippen molar-refractivity contribution in [1.29, 1.82) is 5.41 Å². The van der Waals surface area contributed by atoms with Crippen LogP contribution in [0.25, 0.3) is 0 Å². The Labute approximate surface area is 190 Å². The first kappa shape index (κ1) is 23.5. The highest BCUT2D eigenvalue weighted by Crippen LogP contribution is 2.39. The highest BCUT2D eigenvalue weighted by molar-refractivity contribution is 6.08. The number of rotatable bonds is 7. The number of nitrogens with zero attached hydrogens (tertiary/aromatic N) is 3. The Morgan fingerprint density at radius 3 is 2.18 bits per heavy atom. The Bertz CT molecular complexity index is 1120. The number of amidine groups is 1. The predicted molar refractivity (Wildman–Crippen MR) is 119 cm³/mol. The zero-order valence-corrected chi connectivity index (χ0v) is 18.5. The Morgan fingerprint density at radius 1 is 1.12 bits per heavy atom. The van der Waals surface area contributed by atoms with Crippen molar-refractivity contribution in [2.75, 3.05) is 7.05 Å². The molecule has 1 aliphatic heterocycles. The lowest BCUT2D eigenvalue weighted by Crippen LogP contribution is -2.52. The number of hydrogen-bond donors (Lipinski definition) is 3. The molecule has 3 rings (SSSR count). The van der Waals surface area contributed by atoms with Gasteiger partial charge in [0.15, 0.2) is 0 Å². The lowest BCUT2D eigenvalue weighted by molar-refractivity contribution is -0.162. The number of amides is 4. The van der Waals surface area contributed by atoms with E-state index in [1.54, 1.807) is 61.5 Å². The van der Waals surface area contributed by atoms with Crippen LogP contribution in [-0.2, 0) is 19.9 Å². The van der Waals surface area contributed by atoms with Gasteiger partial charge in [-0.05, 0) is 18.1 Å². The summed E-state index contributed by atoms with van der Waals surface area (Å²) < 4.78 is 0. The Balaban J connectivity index is 2.10. The van der Waals surface area contributed by atoms with Gasteiger partial charge in [0.2, 0.25) is 5.91 Å². The van der Waals surface area contributed by atoms with Crippen molar-refractivity contribution >= 4 is 29.7 Å². The van der Waals surface area contributed by atoms with Crippen LogP contribution in [0.5, 0.6) is 0 Å². The summed E-state index contributed by atoms with van der Waals surface area (Å²) in [5.41, 5.74) is 5.41. The van der Waals surface area contributed by atoms with E-state index >= 15 is 0 Å². The van der Waals surface area contributed by atoms with Gasteiger partial charge < -0.3 is 15.7 Å². The number of likely N-dealkylation sites (N-methyl/N-ethyl adjacent to an activating group) is 1. The van der Waals surface area contributed by atoms with Gasteiger partial charge >= 0.3 is 12.0 Å². The largest absolute Gasteiger partial charge is 0.481 e. The first-order chi connectivity index (χ1) is 15.5. The van der Waals surface area contributed by atoms with Crippen LogP contribution < -0.4 is 5.73 Å². The van der Waals surface area contributed by atoms with E-state index in [-0.39, 0.29) is 5.84 Å². The van der Waals surface area contributed by atoms with Crippen molar-refractivity contribution in [2.45, 2.75) is 31.8 Å². The molecule has 4 N–H and O–H groups in total. The maximum atomic E-state index is 13.7. The maximum absolute atomic E-state index is 13.7. The quantitative estimate of drug-likeness (QED) is 0.333. The van der Waals surface area contributed by atoms with Crippen LogP contribution in [0.15, 0.2) is 54.6 Å². The number of nitrogens with one attached hydrogen (secondary N) is 1. The predicted octanol–water partition coefficient (Wildman–Crippen LogP) is 2.06. The molecule has 2 atom stereocenters. The molecule has 1 fully saturated rings. The van der Waals surface area contributed by atoms with E-state index in [0.717, 1.165) is 10.0 Å². The number of carbonyl (C=O) groups excluding carboxylic acids is 3. The van der Waals surface area contributed by atoms with Crippen LogP contribution >= 0.6 is 0 Å². The maximum Gasteiger partial charge on any atom is 0.347 e. The Kier molecular flexibility index (Phi) is 6.21. The average Bonchev–Trinajstić information content (AvgIpc) is 2.95. The summed E-state index contributed by atoms with van der Waals surface area (Å²) in [6, 6.07) is 12.8. The number of hydrogen-bond acceptors (Lipinski definition) is 5. The van der Waals surface area contributed by atoms with E-state index in [9.17, 15) is 24.3 Å². The number of nitrogens with two attached hydrogens (primary N) is 1. The third kappa shape index (κ3) is 4.02. The Hall–Kier alpha value is -4.21. The molecule has 1 heterocycles. The lowest BCUT2D eigenvalue weighted by atomic mass is 9.90. The topological polar surface area (TPSA) is 148 Å². The molecule has 0 aliphatic carbocycles. The summed E-state index contributed by atoms with van der Waals surface area (Å²) in [6.45, 7) is 2.72. The van der Waals surface area contributed by atoms with Crippen molar-refractivity contribution in [1.82, 2.24) is 14.9 Å². The number of aliphatic carboxylic acids is 1. The lowest BCUT2D eigenvalue weighted by Gasteiger charge is -2.35. The Morgan fingerprint density at radius 2 is 1.70 bits per heavy atom.